The van der Waals surface area contributed by atoms with E-state index in [1.165, 1.54) is 0 Å². The highest BCUT2D eigenvalue weighted by Gasteiger charge is 2.26. The largest absolute Gasteiger partial charge is 0.372 e. The molecule has 2 heterocycles. The number of morpholine rings is 1. The topological polar surface area (TPSA) is 42.4 Å². The quantitative estimate of drug-likeness (QED) is 0.874. The molecular weight excluding hydrogens is 296 g/mol. The van der Waals surface area contributed by atoms with Gasteiger partial charge in [0.05, 0.1) is 24.3 Å². The first kappa shape index (κ1) is 15.2. The van der Waals surface area contributed by atoms with Crippen molar-refractivity contribution in [2.75, 3.05) is 13.1 Å². The number of nitrogens with zero attached hydrogens (tertiary/aromatic N) is 2. The van der Waals surface area contributed by atoms with Crippen molar-refractivity contribution in [2.45, 2.75) is 32.5 Å². The molecule has 0 N–H and O–H groups in total. The number of ether oxygens (including phenoxy) is 1. The van der Waals surface area contributed by atoms with E-state index in [1.54, 1.807) is 11.3 Å². The summed E-state index contributed by atoms with van der Waals surface area (Å²) in [6.45, 7) is 5.34. The van der Waals surface area contributed by atoms with Crippen LogP contribution in [0.25, 0.3) is 10.6 Å². The minimum absolute atomic E-state index is 0.100. The molecule has 1 amide bonds. The van der Waals surface area contributed by atoms with Gasteiger partial charge < -0.3 is 9.64 Å². The van der Waals surface area contributed by atoms with E-state index in [-0.39, 0.29) is 18.1 Å². The van der Waals surface area contributed by atoms with E-state index in [2.05, 4.69) is 4.98 Å². The predicted octanol–water partition coefficient (Wildman–Crippen LogP) is 2.99. The molecule has 1 fully saturated rings. The zero-order valence-electron chi connectivity index (χ0n) is 12.9. The molecule has 22 heavy (non-hydrogen) atoms. The average molecular weight is 316 g/mol. The molecule has 0 bridgehead atoms. The Morgan fingerprint density at radius 2 is 1.95 bits per heavy atom. The van der Waals surface area contributed by atoms with Gasteiger partial charge in [0, 0.05) is 24.0 Å². The van der Waals surface area contributed by atoms with Crippen LogP contribution in [0.4, 0.5) is 0 Å². The monoisotopic (exact) mass is 316 g/mol. The average Bonchev–Trinajstić information content (AvgIpc) is 2.95. The second-order valence-corrected chi connectivity index (χ2v) is 6.60. The third kappa shape index (κ3) is 3.54. The summed E-state index contributed by atoms with van der Waals surface area (Å²) in [7, 11) is 0. The van der Waals surface area contributed by atoms with Gasteiger partial charge in [-0.25, -0.2) is 4.98 Å². The highest BCUT2D eigenvalue weighted by Crippen LogP contribution is 2.24. The van der Waals surface area contributed by atoms with E-state index < -0.39 is 0 Å². The van der Waals surface area contributed by atoms with Crippen molar-refractivity contribution in [3.8, 4) is 10.6 Å². The lowest BCUT2D eigenvalue weighted by atomic mass is 10.2. The minimum Gasteiger partial charge on any atom is -0.372 e. The Balaban J connectivity index is 1.66. The first-order valence-electron chi connectivity index (χ1n) is 7.55. The van der Waals surface area contributed by atoms with Crippen LogP contribution in [-0.4, -0.2) is 41.1 Å². The van der Waals surface area contributed by atoms with Crippen molar-refractivity contribution < 1.29 is 9.53 Å². The van der Waals surface area contributed by atoms with Crippen LogP contribution in [0.2, 0.25) is 0 Å². The summed E-state index contributed by atoms with van der Waals surface area (Å²) in [5.41, 5.74) is 1.94. The van der Waals surface area contributed by atoms with Crippen LogP contribution >= 0.6 is 11.3 Å². The normalized spacial score (nSPS) is 21.8. The Kier molecular flexibility index (Phi) is 4.55. The Bertz CT molecular complexity index is 631. The molecule has 2 aromatic rings. The van der Waals surface area contributed by atoms with Crippen LogP contribution in [-0.2, 0) is 16.0 Å². The summed E-state index contributed by atoms with van der Waals surface area (Å²) in [6.07, 6.45) is 0.564. The maximum Gasteiger partial charge on any atom is 0.228 e. The fourth-order valence-corrected chi connectivity index (χ4v) is 3.58. The molecule has 2 atom stereocenters. The molecule has 1 aliphatic rings. The van der Waals surface area contributed by atoms with Crippen molar-refractivity contribution in [1.29, 1.82) is 0 Å². The van der Waals surface area contributed by atoms with E-state index in [1.807, 2.05) is 54.5 Å². The van der Waals surface area contributed by atoms with E-state index in [9.17, 15) is 4.79 Å². The molecule has 5 heteroatoms. The summed E-state index contributed by atoms with van der Waals surface area (Å²) in [4.78, 5) is 18.9. The Morgan fingerprint density at radius 1 is 1.27 bits per heavy atom. The number of aromatic nitrogens is 1. The lowest BCUT2D eigenvalue weighted by molar-refractivity contribution is -0.142. The summed E-state index contributed by atoms with van der Waals surface area (Å²) in [5.74, 6) is 0.131. The number of hydrogen-bond donors (Lipinski definition) is 0. The van der Waals surface area contributed by atoms with E-state index >= 15 is 0 Å². The zero-order valence-corrected chi connectivity index (χ0v) is 13.7. The van der Waals surface area contributed by atoms with Gasteiger partial charge in [0.1, 0.15) is 5.01 Å². The minimum atomic E-state index is 0.100. The summed E-state index contributed by atoms with van der Waals surface area (Å²) in [5, 5.41) is 2.94. The number of amides is 1. The van der Waals surface area contributed by atoms with Gasteiger partial charge in [-0.2, -0.15) is 0 Å². The SMILES string of the molecule is C[C@@H]1CN(C(=O)Cc2csc(-c3ccccc3)n2)C[C@@H](C)O1. The molecule has 0 radical (unpaired) electrons. The molecule has 1 aromatic carbocycles. The smallest absolute Gasteiger partial charge is 0.228 e. The summed E-state index contributed by atoms with van der Waals surface area (Å²) >= 11 is 1.59. The van der Waals surface area contributed by atoms with Crippen molar-refractivity contribution in [3.63, 3.8) is 0 Å². The van der Waals surface area contributed by atoms with Gasteiger partial charge in [-0.05, 0) is 13.8 Å². The Morgan fingerprint density at radius 3 is 2.64 bits per heavy atom. The second kappa shape index (κ2) is 6.58. The van der Waals surface area contributed by atoms with Gasteiger partial charge in [-0.3, -0.25) is 4.79 Å². The molecule has 0 aliphatic carbocycles. The van der Waals surface area contributed by atoms with E-state index in [0.29, 0.717) is 19.5 Å². The molecule has 1 saturated heterocycles. The zero-order chi connectivity index (χ0) is 15.5. The van der Waals surface area contributed by atoms with Gasteiger partial charge >= 0.3 is 0 Å². The standard InChI is InChI=1S/C17H20N2O2S/c1-12-9-19(10-13(2)21-12)16(20)8-15-11-22-17(18-15)14-6-4-3-5-7-14/h3-7,11-13H,8-10H2,1-2H3/t12-,13-/m1/s1. The van der Waals surface area contributed by atoms with Crippen LogP contribution in [0, 0.1) is 0 Å². The number of carbonyl (C=O) groups excluding carboxylic acids is 1. The molecule has 1 aliphatic heterocycles. The molecule has 116 valence electrons. The Hall–Kier alpha value is -1.72. The van der Waals surface area contributed by atoms with Gasteiger partial charge in [0.15, 0.2) is 0 Å². The van der Waals surface area contributed by atoms with Gasteiger partial charge in [0.25, 0.3) is 0 Å². The third-order valence-corrected chi connectivity index (χ3v) is 4.62. The van der Waals surface area contributed by atoms with Crippen molar-refractivity contribution in [3.05, 3.63) is 41.4 Å². The predicted molar refractivity (Wildman–Crippen MR) is 87.8 cm³/mol. The van der Waals surface area contributed by atoms with Crippen molar-refractivity contribution in [1.82, 2.24) is 9.88 Å². The molecule has 3 rings (SSSR count). The summed E-state index contributed by atoms with van der Waals surface area (Å²) < 4.78 is 5.67. The highest BCUT2D eigenvalue weighted by molar-refractivity contribution is 7.13. The number of carbonyl (C=O) groups is 1. The fourth-order valence-electron chi connectivity index (χ4n) is 2.75. The number of rotatable bonds is 3. The van der Waals surface area contributed by atoms with Crippen LogP contribution in [0.3, 0.4) is 0 Å². The van der Waals surface area contributed by atoms with Crippen LogP contribution < -0.4 is 0 Å². The van der Waals surface area contributed by atoms with Gasteiger partial charge in [-0.15, -0.1) is 11.3 Å². The first-order chi connectivity index (χ1) is 10.6. The maximum absolute atomic E-state index is 12.4. The van der Waals surface area contributed by atoms with Crippen molar-refractivity contribution in [2.24, 2.45) is 0 Å². The molecule has 0 saturated carbocycles. The molecular formula is C17H20N2O2S. The van der Waals surface area contributed by atoms with Gasteiger partial charge in [-0.1, -0.05) is 30.3 Å². The van der Waals surface area contributed by atoms with E-state index in [0.717, 1.165) is 16.3 Å². The number of thiazole rings is 1. The van der Waals surface area contributed by atoms with Crippen LogP contribution in [0.5, 0.6) is 0 Å². The molecule has 0 unspecified atom stereocenters. The van der Waals surface area contributed by atoms with Gasteiger partial charge in [0.2, 0.25) is 5.91 Å². The second-order valence-electron chi connectivity index (χ2n) is 5.74. The first-order valence-corrected chi connectivity index (χ1v) is 8.43. The van der Waals surface area contributed by atoms with Crippen molar-refractivity contribution >= 4 is 17.2 Å². The number of hydrogen-bond acceptors (Lipinski definition) is 4. The maximum atomic E-state index is 12.4. The lowest BCUT2D eigenvalue weighted by Gasteiger charge is -2.35. The van der Waals surface area contributed by atoms with Crippen LogP contribution in [0.15, 0.2) is 35.7 Å². The lowest BCUT2D eigenvalue weighted by Crippen LogP contribution is -2.48. The molecule has 1 aromatic heterocycles. The van der Waals surface area contributed by atoms with E-state index in [4.69, 9.17) is 4.74 Å². The summed E-state index contributed by atoms with van der Waals surface area (Å²) in [6, 6.07) is 10.1. The fraction of sp³-hybridized carbons (Fsp3) is 0.412. The number of benzene rings is 1. The molecule has 4 nitrogen and oxygen atoms in total. The van der Waals surface area contributed by atoms with Crippen LogP contribution in [0.1, 0.15) is 19.5 Å². The molecule has 0 spiro atoms. The highest BCUT2D eigenvalue weighted by atomic mass is 32.1. The third-order valence-electron chi connectivity index (χ3n) is 3.68. The Labute approximate surface area is 134 Å².